The number of nitrogens with one attached hydrogen (secondary N) is 2. The van der Waals surface area contributed by atoms with Gasteiger partial charge in [-0.3, -0.25) is 9.69 Å². The maximum absolute atomic E-state index is 12.6. The Morgan fingerprint density at radius 1 is 1.29 bits per heavy atom. The summed E-state index contributed by atoms with van der Waals surface area (Å²) in [5, 5.41) is 10.00. The van der Waals surface area contributed by atoms with Gasteiger partial charge in [0.1, 0.15) is 11.3 Å². The topological polar surface area (TPSA) is 87.5 Å². The third kappa shape index (κ3) is 2.31. The Bertz CT molecular complexity index is 555. The maximum atomic E-state index is 12.6. The molecule has 114 valence electrons. The molecule has 0 aliphatic carbocycles. The van der Waals surface area contributed by atoms with Gasteiger partial charge in [0.05, 0.1) is 5.69 Å². The van der Waals surface area contributed by atoms with E-state index in [0.717, 1.165) is 30.1 Å². The van der Waals surface area contributed by atoms with E-state index in [0.29, 0.717) is 25.8 Å². The Balaban J connectivity index is 1.71. The molecule has 2 N–H and O–H groups in total. The normalized spacial score (nSPS) is 21.1. The van der Waals surface area contributed by atoms with E-state index in [4.69, 9.17) is 4.52 Å². The fourth-order valence-corrected chi connectivity index (χ4v) is 3.15. The Labute approximate surface area is 123 Å². The van der Waals surface area contributed by atoms with Gasteiger partial charge in [-0.1, -0.05) is 5.16 Å². The first kappa shape index (κ1) is 14.1. The predicted molar refractivity (Wildman–Crippen MR) is 74.8 cm³/mol. The lowest BCUT2D eigenvalue weighted by atomic mass is 9.88. The Hall–Kier alpha value is -1.89. The molecule has 21 heavy (non-hydrogen) atoms. The van der Waals surface area contributed by atoms with Gasteiger partial charge in [-0.2, -0.15) is 0 Å². The van der Waals surface area contributed by atoms with E-state index in [2.05, 4.69) is 15.8 Å². The smallest absolute Gasteiger partial charge is 0.325 e. The number of rotatable bonds is 3. The van der Waals surface area contributed by atoms with Crippen LogP contribution >= 0.6 is 0 Å². The number of carbonyl (C=O) groups excluding carboxylic acids is 2. The summed E-state index contributed by atoms with van der Waals surface area (Å²) in [6.07, 6.45) is 1.88. The molecular formula is C14H20N4O3. The van der Waals surface area contributed by atoms with Gasteiger partial charge in [-0.25, -0.2) is 4.79 Å². The van der Waals surface area contributed by atoms with Crippen molar-refractivity contribution >= 4 is 11.9 Å². The van der Waals surface area contributed by atoms with Crippen LogP contribution in [-0.2, 0) is 11.2 Å². The van der Waals surface area contributed by atoms with Crippen molar-refractivity contribution < 1.29 is 14.1 Å². The molecule has 1 aromatic rings. The summed E-state index contributed by atoms with van der Waals surface area (Å²) in [5.74, 6) is 0.650. The quantitative estimate of drug-likeness (QED) is 0.793. The molecular weight excluding hydrogens is 272 g/mol. The molecule has 0 atom stereocenters. The molecule has 2 saturated heterocycles. The van der Waals surface area contributed by atoms with Gasteiger partial charge in [-0.05, 0) is 46.2 Å². The van der Waals surface area contributed by atoms with Crippen molar-refractivity contribution in [3.8, 4) is 0 Å². The summed E-state index contributed by atoms with van der Waals surface area (Å²) in [5.41, 5.74) is 1.10. The first-order valence-electron chi connectivity index (χ1n) is 7.30. The molecule has 3 heterocycles. The monoisotopic (exact) mass is 292 g/mol. The second-order valence-corrected chi connectivity index (χ2v) is 5.77. The van der Waals surface area contributed by atoms with Crippen molar-refractivity contribution in [3.63, 3.8) is 0 Å². The summed E-state index contributed by atoms with van der Waals surface area (Å²) < 4.78 is 5.11. The molecule has 2 aliphatic rings. The zero-order chi connectivity index (χ0) is 15.0. The van der Waals surface area contributed by atoms with Gasteiger partial charge < -0.3 is 15.2 Å². The van der Waals surface area contributed by atoms with Crippen LogP contribution in [0.5, 0.6) is 0 Å². The first-order chi connectivity index (χ1) is 10.0. The summed E-state index contributed by atoms with van der Waals surface area (Å²) in [7, 11) is 0. The molecule has 2 aliphatic heterocycles. The minimum Gasteiger partial charge on any atom is -0.361 e. The second kappa shape index (κ2) is 5.14. The number of urea groups is 1. The number of piperidine rings is 1. The van der Waals surface area contributed by atoms with Crippen LogP contribution in [0.4, 0.5) is 4.79 Å². The van der Waals surface area contributed by atoms with Crippen LogP contribution < -0.4 is 10.6 Å². The van der Waals surface area contributed by atoms with Crippen molar-refractivity contribution in [2.75, 3.05) is 19.6 Å². The van der Waals surface area contributed by atoms with E-state index in [1.54, 1.807) is 0 Å². The molecule has 0 unspecified atom stereocenters. The van der Waals surface area contributed by atoms with Crippen molar-refractivity contribution in [2.24, 2.45) is 0 Å². The molecule has 7 nitrogen and oxygen atoms in total. The minimum absolute atomic E-state index is 0.0965. The molecule has 0 bridgehead atoms. The largest absolute Gasteiger partial charge is 0.361 e. The van der Waals surface area contributed by atoms with E-state index >= 15 is 0 Å². The van der Waals surface area contributed by atoms with E-state index in [9.17, 15) is 9.59 Å². The highest BCUT2D eigenvalue weighted by Crippen LogP contribution is 2.27. The lowest BCUT2D eigenvalue weighted by molar-refractivity contribution is -0.132. The lowest BCUT2D eigenvalue weighted by Crippen LogP contribution is -2.53. The van der Waals surface area contributed by atoms with Gasteiger partial charge >= 0.3 is 6.03 Å². The fourth-order valence-electron chi connectivity index (χ4n) is 3.15. The van der Waals surface area contributed by atoms with Crippen LogP contribution in [-0.4, -0.2) is 47.2 Å². The van der Waals surface area contributed by atoms with Gasteiger partial charge in [0.2, 0.25) is 0 Å². The molecule has 0 radical (unpaired) electrons. The average Bonchev–Trinajstić information content (AvgIpc) is 2.89. The summed E-state index contributed by atoms with van der Waals surface area (Å²) >= 11 is 0. The van der Waals surface area contributed by atoms with Crippen molar-refractivity contribution in [3.05, 3.63) is 17.0 Å². The summed E-state index contributed by atoms with van der Waals surface area (Å²) in [6, 6.07) is -0.284. The highest BCUT2D eigenvalue weighted by atomic mass is 16.5. The molecule has 0 saturated carbocycles. The molecule has 7 heteroatoms. The van der Waals surface area contributed by atoms with Gasteiger partial charge in [0, 0.05) is 12.1 Å². The molecule has 3 amide bonds. The highest BCUT2D eigenvalue weighted by Gasteiger charge is 2.51. The standard InChI is InChI=1S/C14H20N4O3/c1-9-11(10(2)21-17-9)3-8-18-12(19)14(16-13(18)20)4-6-15-7-5-14/h15H,3-8H2,1-2H3,(H,16,20). The fraction of sp³-hybridized carbons (Fsp3) is 0.643. The highest BCUT2D eigenvalue weighted by molar-refractivity contribution is 6.07. The average molecular weight is 292 g/mol. The SMILES string of the molecule is Cc1noc(C)c1CCN1C(=O)NC2(CCNCC2)C1=O. The van der Waals surface area contributed by atoms with E-state index in [1.165, 1.54) is 4.90 Å². The minimum atomic E-state index is -0.693. The van der Waals surface area contributed by atoms with Crippen LogP contribution in [0, 0.1) is 13.8 Å². The van der Waals surface area contributed by atoms with E-state index < -0.39 is 5.54 Å². The molecule has 0 aromatic carbocycles. The molecule has 1 spiro atoms. The number of hydrogen-bond donors (Lipinski definition) is 2. The molecule has 3 rings (SSSR count). The van der Waals surface area contributed by atoms with Crippen LogP contribution in [0.2, 0.25) is 0 Å². The maximum Gasteiger partial charge on any atom is 0.325 e. The van der Waals surface area contributed by atoms with Gasteiger partial charge in [0.25, 0.3) is 5.91 Å². The zero-order valence-electron chi connectivity index (χ0n) is 12.4. The van der Waals surface area contributed by atoms with E-state index in [-0.39, 0.29) is 11.9 Å². The Morgan fingerprint density at radius 2 is 2.00 bits per heavy atom. The second-order valence-electron chi connectivity index (χ2n) is 5.77. The number of carbonyl (C=O) groups is 2. The van der Waals surface area contributed by atoms with Crippen molar-refractivity contribution in [1.29, 1.82) is 0 Å². The zero-order valence-corrected chi connectivity index (χ0v) is 12.4. The number of aromatic nitrogens is 1. The number of amides is 3. The third-order valence-electron chi connectivity index (χ3n) is 4.47. The Morgan fingerprint density at radius 3 is 2.62 bits per heavy atom. The molecule has 1 aromatic heterocycles. The van der Waals surface area contributed by atoms with Gasteiger partial charge in [0.15, 0.2) is 0 Å². The third-order valence-corrected chi connectivity index (χ3v) is 4.47. The Kier molecular flexibility index (Phi) is 3.44. The molecule has 2 fully saturated rings. The van der Waals surface area contributed by atoms with Crippen molar-refractivity contribution in [1.82, 2.24) is 20.7 Å². The van der Waals surface area contributed by atoms with Crippen molar-refractivity contribution in [2.45, 2.75) is 38.6 Å². The number of nitrogens with zero attached hydrogens (tertiary/aromatic N) is 2. The number of imide groups is 1. The van der Waals surface area contributed by atoms with Gasteiger partial charge in [-0.15, -0.1) is 0 Å². The number of hydrogen-bond acceptors (Lipinski definition) is 5. The van der Waals surface area contributed by atoms with E-state index in [1.807, 2.05) is 13.8 Å². The summed E-state index contributed by atoms with van der Waals surface area (Å²) in [4.78, 5) is 26.1. The van der Waals surface area contributed by atoms with Crippen LogP contribution in [0.3, 0.4) is 0 Å². The summed E-state index contributed by atoms with van der Waals surface area (Å²) in [6.45, 7) is 5.58. The van der Waals surface area contributed by atoms with Crippen LogP contribution in [0.25, 0.3) is 0 Å². The van der Waals surface area contributed by atoms with Crippen LogP contribution in [0.15, 0.2) is 4.52 Å². The number of aryl methyl sites for hydroxylation is 2. The first-order valence-corrected chi connectivity index (χ1v) is 7.30. The van der Waals surface area contributed by atoms with Crippen LogP contribution in [0.1, 0.15) is 29.9 Å². The predicted octanol–water partition coefficient (Wildman–Crippen LogP) is 0.508. The lowest BCUT2D eigenvalue weighted by Gasteiger charge is -2.31.